The highest BCUT2D eigenvalue weighted by atomic mass is 16.5. The summed E-state index contributed by atoms with van der Waals surface area (Å²) in [5.74, 6) is 0.0307. The van der Waals surface area contributed by atoms with Crippen molar-refractivity contribution in [3.8, 4) is 11.3 Å². The van der Waals surface area contributed by atoms with E-state index in [1.165, 1.54) is 6.42 Å². The summed E-state index contributed by atoms with van der Waals surface area (Å²) < 4.78 is 7.68. The fourth-order valence-electron chi connectivity index (χ4n) is 3.01. The average molecular weight is 313 g/mol. The van der Waals surface area contributed by atoms with Crippen molar-refractivity contribution in [2.45, 2.75) is 25.4 Å². The first kappa shape index (κ1) is 15.7. The minimum absolute atomic E-state index is 0.0307. The van der Waals surface area contributed by atoms with Crippen molar-refractivity contribution in [2.75, 3.05) is 20.2 Å². The van der Waals surface area contributed by atoms with Gasteiger partial charge in [0.1, 0.15) is 0 Å². The first-order chi connectivity index (χ1) is 11.1. The van der Waals surface area contributed by atoms with Crippen molar-refractivity contribution < 1.29 is 9.53 Å². The first-order valence-corrected chi connectivity index (χ1v) is 8.09. The average Bonchev–Trinajstić information content (AvgIpc) is 3.01. The molecule has 0 saturated carbocycles. The second kappa shape index (κ2) is 6.96. The van der Waals surface area contributed by atoms with Gasteiger partial charge in [-0.05, 0) is 31.4 Å². The van der Waals surface area contributed by atoms with Crippen molar-refractivity contribution in [3.63, 3.8) is 0 Å². The summed E-state index contributed by atoms with van der Waals surface area (Å²) in [5, 5.41) is 0. The van der Waals surface area contributed by atoms with E-state index in [1.54, 1.807) is 11.2 Å². The van der Waals surface area contributed by atoms with Gasteiger partial charge in [0.25, 0.3) is 5.91 Å². The number of benzene rings is 1. The molecule has 0 bridgehead atoms. The quantitative estimate of drug-likeness (QED) is 0.872. The molecule has 2 aromatic rings. The molecule has 23 heavy (non-hydrogen) atoms. The van der Waals surface area contributed by atoms with Crippen LogP contribution in [-0.2, 0) is 11.8 Å². The molecule has 122 valence electrons. The molecule has 1 aromatic carbocycles. The molecule has 3 rings (SSSR count). The second-order valence-corrected chi connectivity index (χ2v) is 6.14. The van der Waals surface area contributed by atoms with Crippen molar-refractivity contribution in [1.29, 1.82) is 0 Å². The number of aryl methyl sites for hydroxylation is 1. The summed E-state index contributed by atoms with van der Waals surface area (Å²) in [6, 6.07) is 7.70. The van der Waals surface area contributed by atoms with Crippen LogP contribution in [0.3, 0.4) is 0 Å². The molecule has 0 N–H and O–H groups in total. The van der Waals surface area contributed by atoms with E-state index in [2.05, 4.69) is 4.98 Å². The maximum Gasteiger partial charge on any atom is 0.253 e. The molecule has 1 aliphatic heterocycles. The Hall–Kier alpha value is -2.14. The lowest BCUT2D eigenvalue weighted by molar-refractivity contribution is -0.000186. The molecule has 1 amide bonds. The summed E-state index contributed by atoms with van der Waals surface area (Å²) in [5.41, 5.74) is 2.69. The highest BCUT2D eigenvalue weighted by Gasteiger charge is 2.20. The zero-order valence-electron chi connectivity index (χ0n) is 13.7. The number of aromatic nitrogens is 2. The Morgan fingerprint density at radius 1 is 1.43 bits per heavy atom. The Morgan fingerprint density at radius 2 is 2.30 bits per heavy atom. The number of amides is 1. The molecule has 5 heteroatoms. The van der Waals surface area contributed by atoms with Gasteiger partial charge in [0.2, 0.25) is 0 Å². The molecule has 0 spiro atoms. The van der Waals surface area contributed by atoms with Crippen molar-refractivity contribution in [3.05, 3.63) is 42.4 Å². The lowest BCUT2D eigenvalue weighted by Gasteiger charge is -2.27. The number of carbonyl (C=O) groups excluding carboxylic acids is 1. The number of hydrogen-bond donors (Lipinski definition) is 0. The SMILES string of the molecule is CN(C[C@@H]1CCCCO1)C(=O)c1cccc(-c2cncn2C)c1. The molecular weight excluding hydrogens is 290 g/mol. The van der Waals surface area contributed by atoms with Gasteiger partial charge < -0.3 is 14.2 Å². The zero-order valence-corrected chi connectivity index (χ0v) is 13.7. The molecule has 1 saturated heterocycles. The molecule has 5 nitrogen and oxygen atoms in total. The minimum atomic E-state index is 0.0307. The third-order valence-corrected chi connectivity index (χ3v) is 4.32. The lowest BCUT2D eigenvalue weighted by Crippen LogP contribution is -2.37. The van der Waals surface area contributed by atoms with Crippen LogP contribution in [0.4, 0.5) is 0 Å². The summed E-state index contributed by atoms with van der Waals surface area (Å²) in [7, 11) is 3.79. The molecule has 0 unspecified atom stereocenters. The fraction of sp³-hybridized carbons (Fsp3) is 0.444. The highest BCUT2D eigenvalue weighted by Crippen LogP contribution is 2.20. The molecule has 1 aromatic heterocycles. The number of likely N-dealkylation sites (N-methyl/N-ethyl adjacent to an activating group) is 1. The lowest BCUT2D eigenvalue weighted by atomic mass is 10.1. The highest BCUT2D eigenvalue weighted by molar-refractivity contribution is 5.95. The molecule has 0 aliphatic carbocycles. The number of carbonyl (C=O) groups is 1. The second-order valence-electron chi connectivity index (χ2n) is 6.14. The van der Waals surface area contributed by atoms with Crippen LogP contribution in [0, 0.1) is 0 Å². The van der Waals surface area contributed by atoms with Gasteiger partial charge in [0.15, 0.2) is 0 Å². The molecule has 0 radical (unpaired) electrons. The first-order valence-electron chi connectivity index (χ1n) is 8.09. The van der Waals surface area contributed by atoms with Crippen LogP contribution < -0.4 is 0 Å². The Balaban J connectivity index is 1.73. The van der Waals surface area contributed by atoms with Gasteiger partial charge in [-0.3, -0.25) is 4.79 Å². The van der Waals surface area contributed by atoms with E-state index in [0.29, 0.717) is 12.1 Å². The number of hydrogen-bond acceptors (Lipinski definition) is 3. The van der Waals surface area contributed by atoms with Gasteiger partial charge in [-0.2, -0.15) is 0 Å². The van der Waals surface area contributed by atoms with E-state index in [9.17, 15) is 4.79 Å². The Bertz CT molecular complexity index is 674. The monoisotopic (exact) mass is 313 g/mol. The van der Waals surface area contributed by atoms with E-state index in [0.717, 1.165) is 30.7 Å². The van der Waals surface area contributed by atoms with Gasteiger partial charge >= 0.3 is 0 Å². The molecule has 1 aliphatic rings. The largest absolute Gasteiger partial charge is 0.376 e. The van der Waals surface area contributed by atoms with Gasteiger partial charge in [0, 0.05) is 38.4 Å². The minimum Gasteiger partial charge on any atom is -0.376 e. The van der Waals surface area contributed by atoms with Gasteiger partial charge in [-0.15, -0.1) is 0 Å². The Morgan fingerprint density at radius 3 is 3.00 bits per heavy atom. The predicted molar refractivity (Wildman–Crippen MR) is 89.2 cm³/mol. The normalized spacial score (nSPS) is 17.9. The third kappa shape index (κ3) is 3.62. The molecule has 2 heterocycles. The van der Waals surface area contributed by atoms with Crippen LogP contribution in [0.2, 0.25) is 0 Å². The maximum absolute atomic E-state index is 12.7. The van der Waals surface area contributed by atoms with Gasteiger partial charge in [-0.1, -0.05) is 12.1 Å². The zero-order chi connectivity index (χ0) is 16.2. The standard InChI is InChI=1S/C18H23N3O2/c1-20(12-16-8-3-4-9-23-16)18(22)15-7-5-6-14(10-15)17-11-19-13-21(17)2/h5-7,10-11,13,16H,3-4,8-9,12H2,1-2H3/t16-/m0/s1. The van der Waals surface area contributed by atoms with Crippen molar-refractivity contribution in [1.82, 2.24) is 14.5 Å². The Kier molecular flexibility index (Phi) is 4.76. The summed E-state index contributed by atoms with van der Waals surface area (Å²) >= 11 is 0. The topological polar surface area (TPSA) is 47.4 Å². The van der Waals surface area contributed by atoms with E-state index in [1.807, 2.05) is 49.1 Å². The van der Waals surface area contributed by atoms with Crippen LogP contribution in [0.5, 0.6) is 0 Å². The van der Waals surface area contributed by atoms with Crippen molar-refractivity contribution in [2.24, 2.45) is 7.05 Å². The summed E-state index contributed by atoms with van der Waals surface area (Å²) in [4.78, 5) is 18.6. The van der Waals surface area contributed by atoms with Crippen molar-refractivity contribution >= 4 is 5.91 Å². The molecule has 1 atom stereocenters. The van der Waals surface area contributed by atoms with E-state index >= 15 is 0 Å². The van der Waals surface area contributed by atoms with Crippen LogP contribution in [0.1, 0.15) is 29.6 Å². The molecule has 1 fully saturated rings. The number of rotatable bonds is 4. The fourth-order valence-corrected chi connectivity index (χ4v) is 3.01. The van der Waals surface area contributed by atoms with Crippen LogP contribution in [0.15, 0.2) is 36.8 Å². The van der Waals surface area contributed by atoms with Gasteiger partial charge in [0.05, 0.1) is 24.3 Å². The van der Waals surface area contributed by atoms with Crippen LogP contribution in [-0.4, -0.2) is 46.7 Å². The third-order valence-electron chi connectivity index (χ3n) is 4.32. The number of ether oxygens (including phenoxy) is 1. The summed E-state index contributed by atoms with van der Waals surface area (Å²) in [6.07, 6.45) is 7.08. The Labute approximate surface area is 136 Å². The van der Waals surface area contributed by atoms with Gasteiger partial charge in [-0.25, -0.2) is 4.98 Å². The van der Waals surface area contributed by atoms with E-state index in [4.69, 9.17) is 4.74 Å². The van der Waals surface area contributed by atoms with Crippen LogP contribution in [0.25, 0.3) is 11.3 Å². The number of imidazole rings is 1. The smallest absolute Gasteiger partial charge is 0.253 e. The van der Waals surface area contributed by atoms with E-state index in [-0.39, 0.29) is 12.0 Å². The molecular formula is C18H23N3O2. The van der Waals surface area contributed by atoms with E-state index < -0.39 is 0 Å². The number of nitrogens with zero attached hydrogens (tertiary/aromatic N) is 3. The van der Waals surface area contributed by atoms with Crippen LogP contribution >= 0.6 is 0 Å². The maximum atomic E-state index is 12.7. The predicted octanol–water partition coefficient (Wildman–Crippen LogP) is 2.73. The summed E-state index contributed by atoms with van der Waals surface area (Å²) in [6.45, 7) is 1.46.